The summed E-state index contributed by atoms with van der Waals surface area (Å²) in [4.78, 5) is 16.6. The molecular weight excluding hydrogens is 240 g/mol. The molecule has 112 valence electrons. The van der Waals surface area contributed by atoms with Crippen LogP contribution in [0.4, 0.5) is 0 Å². The molecule has 0 aromatic rings. The molecule has 19 heavy (non-hydrogen) atoms. The van der Waals surface area contributed by atoms with Crippen molar-refractivity contribution in [3.63, 3.8) is 0 Å². The van der Waals surface area contributed by atoms with Gasteiger partial charge in [0.25, 0.3) is 0 Å². The first-order chi connectivity index (χ1) is 9.04. The van der Waals surface area contributed by atoms with E-state index in [0.29, 0.717) is 18.4 Å². The summed E-state index contributed by atoms with van der Waals surface area (Å²) < 4.78 is 0. The number of likely N-dealkylation sites (N-methyl/N-ethyl adjacent to an activating group) is 1. The Morgan fingerprint density at radius 3 is 2.37 bits per heavy atom. The number of nitrogens with one attached hydrogen (secondary N) is 2. The number of amides is 1. The highest BCUT2D eigenvalue weighted by Crippen LogP contribution is 2.12. The summed E-state index contributed by atoms with van der Waals surface area (Å²) in [6.45, 7) is 10.4. The third kappa shape index (κ3) is 5.89. The fourth-order valence-electron chi connectivity index (χ4n) is 2.49. The Morgan fingerprint density at radius 1 is 1.21 bits per heavy atom. The molecule has 0 aliphatic carbocycles. The number of hydrogen-bond donors (Lipinski definition) is 2. The Hall–Kier alpha value is -0.650. The van der Waals surface area contributed by atoms with Gasteiger partial charge in [-0.25, -0.2) is 0 Å². The van der Waals surface area contributed by atoms with Crippen LogP contribution in [0.25, 0.3) is 0 Å². The van der Waals surface area contributed by atoms with Crippen LogP contribution in [-0.4, -0.2) is 75.1 Å². The van der Waals surface area contributed by atoms with E-state index in [2.05, 4.69) is 41.3 Å². The molecule has 1 fully saturated rings. The highest BCUT2D eigenvalue weighted by atomic mass is 16.1. The van der Waals surface area contributed by atoms with E-state index in [-0.39, 0.29) is 5.91 Å². The second-order valence-electron chi connectivity index (χ2n) is 5.81. The number of nitrogens with zero attached hydrogens (tertiary/aromatic N) is 2. The number of hydrogen-bond acceptors (Lipinski definition) is 4. The van der Waals surface area contributed by atoms with E-state index in [9.17, 15) is 4.79 Å². The predicted molar refractivity (Wildman–Crippen MR) is 79.2 cm³/mol. The number of carbonyl (C=O) groups excluding carboxylic acids is 1. The van der Waals surface area contributed by atoms with Crippen molar-refractivity contribution in [2.24, 2.45) is 5.92 Å². The summed E-state index contributed by atoms with van der Waals surface area (Å²) in [5, 5.41) is 6.07. The van der Waals surface area contributed by atoms with Gasteiger partial charge in [-0.2, -0.15) is 0 Å². The van der Waals surface area contributed by atoms with Gasteiger partial charge in [0.05, 0.1) is 0 Å². The Bertz CT molecular complexity index is 262. The van der Waals surface area contributed by atoms with Gasteiger partial charge in [-0.05, 0) is 20.0 Å². The van der Waals surface area contributed by atoms with Crippen LogP contribution in [-0.2, 0) is 4.79 Å². The molecule has 5 heteroatoms. The van der Waals surface area contributed by atoms with E-state index in [0.717, 1.165) is 39.3 Å². The molecule has 1 unspecified atom stereocenters. The standard InChI is InChI=1S/C14H30N4O/c1-12(2)13(11-16-14(19)5-6-15-3)18-9-7-17(4)8-10-18/h12-13,15H,5-11H2,1-4H3,(H,16,19). The van der Waals surface area contributed by atoms with E-state index >= 15 is 0 Å². The normalized spacial score (nSPS) is 19.6. The van der Waals surface area contributed by atoms with Crippen LogP contribution in [0.15, 0.2) is 0 Å². The van der Waals surface area contributed by atoms with E-state index in [1.807, 2.05) is 7.05 Å². The van der Waals surface area contributed by atoms with Crippen molar-refractivity contribution < 1.29 is 4.79 Å². The SMILES string of the molecule is CNCCC(=O)NCC(C(C)C)N1CCN(C)CC1. The minimum Gasteiger partial charge on any atom is -0.354 e. The van der Waals surface area contributed by atoms with E-state index in [1.54, 1.807) is 0 Å². The molecule has 1 saturated heterocycles. The lowest BCUT2D eigenvalue weighted by molar-refractivity contribution is -0.121. The first kappa shape index (κ1) is 16.4. The molecule has 1 aliphatic heterocycles. The van der Waals surface area contributed by atoms with Gasteiger partial charge in [0.2, 0.25) is 5.91 Å². The zero-order valence-corrected chi connectivity index (χ0v) is 12.9. The van der Waals surface area contributed by atoms with E-state index < -0.39 is 0 Å². The van der Waals surface area contributed by atoms with Crippen LogP contribution >= 0.6 is 0 Å². The summed E-state index contributed by atoms with van der Waals surface area (Å²) in [5.41, 5.74) is 0. The van der Waals surface area contributed by atoms with Crippen molar-refractivity contribution >= 4 is 5.91 Å². The van der Waals surface area contributed by atoms with Crippen molar-refractivity contribution in [2.75, 3.05) is 53.4 Å². The monoisotopic (exact) mass is 270 g/mol. The van der Waals surface area contributed by atoms with Crippen LogP contribution in [0.3, 0.4) is 0 Å². The molecule has 0 radical (unpaired) electrons. The fourth-order valence-corrected chi connectivity index (χ4v) is 2.49. The molecule has 5 nitrogen and oxygen atoms in total. The molecule has 0 spiro atoms. The topological polar surface area (TPSA) is 47.6 Å². The molecule has 1 rings (SSSR count). The zero-order chi connectivity index (χ0) is 14.3. The van der Waals surface area contributed by atoms with Crippen LogP contribution in [0, 0.1) is 5.92 Å². The maximum absolute atomic E-state index is 11.7. The zero-order valence-electron chi connectivity index (χ0n) is 12.9. The number of piperazine rings is 1. The average Bonchev–Trinajstić information content (AvgIpc) is 2.38. The number of carbonyl (C=O) groups is 1. The Morgan fingerprint density at radius 2 is 1.84 bits per heavy atom. The van der Waals surface area contributed by atoms with Crippen LogP contribution in [0.5, 0.6) is 0 Å². The largest absolute Gasteiger partial charge is 0.354 e. The molecule has 1 amide bonds. The average molecular weight is 270 g/mol. The molecular formula is C14H30N4O. The van der Waals surface area contributed by atoms with Crippen LogP contribution in [0.2, 0.25) is 0 Å². The molecule has 0 aromatic heterocycles. The summed E-state index contributed by atoms with van der Waals surface area (Å²) in [6.07, 6.45) is 0.560. The molecule has 1 atom stereocenters. The lowest BCUT2D eigenvalue weighted by Crippen LogP contribution is -2.54. The highest BCUT2D eigenvalue weighted by Gasteiger charge is 2.25. The summed E-state index contributed by atoms with van der Waals surface area (Å²) in [7, 11) is 4.04. The van der Waals surface area contributed by atoms with Gasteiger partial charge >= 0.3 is 0 Å². The first-order valence-corrected chi connectivity index (χ1v) is 7.38. The smallest absolute Gasteiger partial charge is 0.221 e. The lowest BCUT2D eigenvalue weighted by atomic mass is 10.0. The van der Waals surface area contributed by atoms with Crippen LogP contribution in [0.1, 0.15) is 20.3 Å². The van der Waals surface area contributed by atoms with Crippen molar-refractivity contribution in [3.05, 3.63) is 0 Å². The number of rotatable bonds is 7. The van der Waals surface area contributed by atoms with Crippen molar-refractivity contribution in [2.45, 2.75) is 26.3 Å². The molecule has 1 aliphatic rings. The highest BCUT2D eigenvalue weighted by molar-refractivity contribution is 5.76. The quantitative estimate of drug-likeness (QED) is 0.683. The molecule has 0 bridgehead atoms. The van der Waals surface area contributed by atoms with Gasteiger partial charge in [-0.1, -0.05) is 13.8 Å². The van der Waals surface area contributed by atoms with Gasteiger partial charge in [-0.3, -0.25) is 9.69 Å². The molecule has 0 aromatic carbocycles. The van der Waals surface area contributed by atoms with E-state index in [1.165, 1.54) is 0 Å². The van der Waals surface area contributed by atoms with Gasteiger partial charge < -0.3 is 15.5 Å². The second kappa shape index (κ2) is 8.51. The van der Waals surface area contributed by atoms with E-state index in [4.69, 9.17) is 0 Å². The maximum Gasteiger partial charge on any atom is 0.221 e. The maximum atomic E-state index is 11.7. The van der Waals surface area contributed by atoms with Crippen molar-refractivity contribution in [1.29, 1.82) is 0 Å². The summed E-state index contributed by atoms with van der Waals surface area (Å²) >= 11 is 0. The first-order valence-electron chi connectivity index (χ1n) is 7.38. The van der Waals surface area contributed by atoms with Crippen molar-refractivity contribution in [3.8, 4) is 0 Å². The van der Waals surface area contributed by atoms with Gasteiger partial charge in [0.1, 0.15) is 0 Å². The minimum absolute atomic E-state index is 0.147. The van der Waals surface area contributed by atoms with Crippen molar-refractivity contribution in [1.82, 2.24) is 20.4 Å². The van der Waals surface area contributed by atoms with Gasteiger partial charge in [-0.15, -0.1) is 0 Å². The fraction of sp³-hybridized carbons (Fsp3) is 0.929. The third-order valence-electron chi connectivity index (χ3n) is 3.89. The second-order valence-corrected chi connectivity index (χ2v) is 5.81. The molecule has 2 N–H and O–H groups in total. The predicted octanol–water partition coefficient (Wildman–Crippen LogP) is -0.0159. The lowest BCUT2D eigenvalue weighted by Gasteiger charge is -2.39. The summed E-state index contributed by atoms with van der Waals surface area (Å²) in [6, 6.07) is 0.451. The molecule has 1 heterocycles. The van der Waals surface area contributed by atoms with Gasteiger partial charge in [0.15, 0.2) is 0 Å². The Kier molecular flexibility index (Phi) is 7.34. The Balaban J connectivity index is 2.38. The molecule has 0 saturated carbocycles. The minimum atomic E-state index is 0.147. The Labute approximate surface area is 117 Å². The van der Waals surface area contributed by atoms with Gasteiger partial charge in [0, 0.05) is 51.7 Å². The third-order valence-corrected chi connectivity index (χ3v) is 3.89. The van der Waals surface area contributed by atoms with Crippen LogP contribution < -0.4 is 10.6 Å². The summed E-state index contributed by atoms with van der Waals surface area (Å²) in [5.74, 6) is 0.710.